The van der Waals surface area contributed by atoms with Gasteiger partial charge in [-0.25, -0.2) is 4.79 Å². The fourth-order valence-corrected chi connectivity index (χ4v) is 2.98. The van der Waals surface area contributed by atoms with Gasteiger partial charge in [0.2, 0.25) is 0 Å². The molecule has 0 unspecified atom stereocenters. The number of aliphatic hydroxyl groups is 1. The first kappa shape index (κ1) is 16.7. The minimum Gasteiger partial charge on any atom is -0.388 e. The summed E-state index contributed by atoms with van der Waals surface area (Å²) in [4.78, 5) is 16.4. The van der Waals surface area contributed by atoms with E-state index < -0.39 is 5.60 Å². The zero-order valence-corrected chi connectivity index (χ0v) is 13.6. The number of carbonyl (C=O) groups excluding carboxylic acids is 1. The molecule has 2 amide bonds. The second kappa shape index (κ2) is 7.58. The highest BCUT2D eigenvalue weighted by atomic mass is 16.3. The van der Waals surface area contributed by atoms with Crippen molar-refractivity contribution >= 4 is 6.03 Å². The number of aryl methyl sites for hydroxylation is 1. The average molecular weight is 305 g/mol. The molecule has 5 heteroatoms. The summed E-state index contributed by atoms with van der Waals surface area (Å²) >= 11 is 0. The van der Waals surface area contributed by atoms with Crippen LogP contribution in [0, 0.1) is 6.92 Å². The first-order chi connectivity index (χ1) is 10.5. The average Bonchev–Trinajstić information content (AvgIpc) is 2.46. The number of hydrogen-bond acceptors (Lipinski definition) is 3. The Morgan fingerprint density at radius 3 is 2.77 bits per heavy atom. The van der Waals surface area contributed by atoms with Crippen molar-refractivity contribution in [2.75, 3.05) is 6.54 Å². The van der Waals surface area contributed by atoms with Crippen LogP contribution in [0.1, 0.15) is 50.4 Å². The van der Waals surface area contributed by atoms with Crippen LogP contribution < -0.4 is 10.6 Å². The predicted molar refractivity (Wildman–Crippen MR) is 86.7 cm³/mol. The van der Waals surface area contributed by atoms with E-state index in [4.69, 9.17) is 0 Å². The van der Waals surface area contributed by atoms with Gasteiger partial charge < -0.3 is 15.7 Å². The largest absolute Gasteiger partial charge is 0.388 e. The van der Waals surface area contributed by atoms with Gasteiger partial charge in [-0.1, -0.05) is 25.3 Å². The molecule has 1 atom stereocenters. The third-order valence-electron chi connectivity index (χ3n) is 4.20. The Kier molecular flexibility index (Phi) is 5.77. The Balaban J connectivity index is 1.74. The van der Waals surface area contributed by atoms with Crippen LogP contribution >= 0.6 is 0 Å². The van der Waals surface area contributed by atoms with Gasteiger partial charge in [0.1, 0.15) is 0 Å². The van der Waals surface area contributed by atoms with E-state index in [-0.39, 0.29) is 12.1 Å². The molecule has 1 heterocycles. The van der Waals surface area contributed by atoms with Crippen molar-refractivity contribution in [3.05, 3.63) is 29.6 Å². The third-order valence-corrected chi connectivity index (χ3v) is 4.20. The minimum absolute atomic E-state index is 0.00435. The standard InChI is InChI=1S/C17H27N3O2/c1-13-7-6-8-15(19-13)11-14(2)20-16(21)18-12-17(22)9-4-3-5-10-17/h6-8,14,22H,3-5,9-12H2,1-2H3,(H2,18,20,21)/t14-/m1/s1. The Hall–Kier alpha value is -1.62. The van der Waals surface area contributed by atoms with E-state index in [9.17, 15) is 9.90 Å². The third kappa shape index (κ3) is 5.30. The molecule has 0 saturated heterocycles. The van der Waals surface area contributed by atoms with Crippen LogP contribution in [-0.2, 0) is 6.42 Å². The summed E-state index contributed by atoms with van der Waals surface area (Å²) in [5, 5.41) is 16.1. The monoisotopic (exact) mass is 305 g/mol. The molecule has 122 valence electrons. The second-order valence-corrected chi connectivity index (χ2v) is 6.49. The van der Waals surface area contributed by atoms with Crippen LogP contribution in [0.15, 0.2) is 18.2 Å². The van der Waals surface area contributed by atoms with Gasteiger partial charge in [0.25, 0.3) is 0 Å². The fraction of sp³-hybridized carbons (Fsp3) is 0.647. The maximum atomic E-state index is 11.9. The number of nitrogens with one attached hydrogen (secondary N) is 2. The van der Waals surface area contributed by atoms with Gasteiger partial charge in [-0.3, -0.25) is 4.98 Å². The lowest BCUT2D eigenvalue weighted by atomic mass is 9.85. The van der Waals surface area contributed by atoms with Crippen molar-refractivity contribution in [2.24, 2.45) is 0 Å². The van der Waals surface area contributed by atoms with Crippen LogP contribution in [0.2, 0.25) is 0 Å². The lowest BCUT2D eigenvalue weighted by Gasteiger charge is -2.32. The number of amides is 2. The van der Waals surface area contributed by atoms with E-state index in [2.05, 4.69) is 15.6 Å². The van der Waals surface area contributed by atoms with E-state index in [1.54, 1.807) is 0 Å². The number of nitrogens with zero attached hydrogens (tertiary/aromatic N) is 1. The molecule has 0 bridgehead atoms. The normalized spacial score (nSPS) is 18.5. The summed E-state index contributed by atoms with van der Waals surface area (Å²) in [5.74, 6) is 0. The van der Waals surface area contributed by atoms with Gasteiger partial charge in [-0.05, 0) is 38.8 Å². The Morgan fingerprint density at radius 1 is 1.36 bits per heavy atom. The fourth-order valence-electron chi connectivity index (χ4n) is 2.98. The summed E-state index contributed by atoms with van der Waals surface area (Å²) in [5.41, 5.74) is 1.23. The highest BCUT2D eigenvalue weighted by Crippen LogP contribution is 2.27. The van der Waals surface area contributed by atoms with Crippen LogP contribution in [0.4, 0.5) is 4.79 Å². The summed E-state index contributed by atoms with van der Waals surface area (Å²) in [6, 6.07) is 5.67. The maximum absolute atomic E-state index is 11.9. The lowest BCUT2D eigenvalue weighted by molar-refractivity contribution is 0.00713. The highest BCUT2D eigenvalue weighted by molar-refractivity contribution is 5.74. The Labute approximate surface area is 132 Å². The second-order valence-electron chi connectivity index (χ2n) is 6.49. The molecule has 0 spiro atoms. The van der Waals surface area contributed by atoms with Crippen molar-refractivity contribution in [3.8, 4) is 0 Å². The molecule has 22 heavy (non-hydrogen) atoms. The predicted octanol–water partition coefficient (Wildman–Crippen LogP) is 2.32. The number of carbonyl (C=O) groups is 1. The maximum Gasteiger partial charge on any atom is 0.315 e. The van der Waals surface area contributed by atoms with Crippen LogP contribution in [0.5, 0.6) is 0 Å². The molecule has 2 rings (SSSR count). The lowest BCUT2D eigenvalue weighted by Crippen LogP contribution is -2.49. The van der Waals surface area contributed by atoms with E-state index >= 15 is 0 Å². The Morgan fingerprint density at radius 2 is 2.09 bits per heavy atom. The quantitative estimate of drug-likeness (QED) is 0.781. The van der Waals surface area contributed by atoms with E-state index in [0.717, 1.165) is 37.1 Å². The van der Waals surface area contributed by atoms with Gasteiger partial charge in [0.05, 0.1) is 5.60 Å². The number of rotatable bonds is 5. The van der Waals surface area contributed by atoms with E-state index in [0.29, 0.717) is 13.0 Å². The smallest absolute Gasteiger partial charge is 0.315 e. The van der Waals surface area contributed by atoms with Gasteiger partial charge >= 0.3 is 6.03 Å². The van der Waals surface area contributed by atoms with E-state index in [1.165, 1.54) is 6.42 Å². The molecular formula is C17H27N3O2. The first-order valence-corrected chi connectivity index (χ1v) is 8.16. The zero-order chi connectivity index (χ0) is 16.0. The molecule has 1 fully saturated rings. The molecule has 0 radical (unpaired) electrons. The van der Waals surface area contributed by atoms with Gasteiger partial charge in [0, 0.05) is 30.4 Å². The van der Waals surface area contributed by atoms with Crippen molar-refractivity contribution < 1.29 is 9.90 Å². The van der Waals surface area contributed by atoms with Crippen molar-refractivity contribution in [1.82, 2.24) is 15.6 Å². The zero-order valence-electron chi connectivity index (χ0n) is 13.6. The molecule has 0 aromatic carbocycles. The van der Waals surface area contributed by atoms with Crippen LogP contribution in [-0.4, -0.2) is 34.3 Å². The van der Waals surface area contributed by atoms with Crippen molar-refractivity contribution in [1.29, 1.82) is 0 Å². The number of hydrogen-bond donors (Lipinski definition) is 3. The van der Waals surface area contributed by atoms with Crippen molar-refractivity contribution in [2.45, 2.75) is 64.0 Å². The molecule has 1 aliphatic rings. The molecule has 3 N–H and O–H groups in total. The SMILES string of the molecule is Cc1cccc(C[C@@H](C)NC(=O)NCC2(O)CCCCC2)n1. The van der Waals surface area contributed by atoms with Crippen molar-refractivity contribution in [3.63, 3.8) is 0 Å². The van der Waals surface area contributed by atoms with Gasteiger partial charge in [0.15, 0.2) is 0 Å². The number of aromatic nitrogens is 1. The molecular weight excluding hydrogens is 278 g/mol. The molecule has 5 nitrogen and oxygen atoms in total. The van der Waals surface area contributed by atoms with E-state index in [1.807, 2.05) is 32.0 Å². The summed E-state index contributed by atoms with van der Waals surface area (Å²) in [6.07, 6.45) is 5.49. The number of pyridine rings is 1. The molecule has 1 aromatic rings. The molecule has 1 aliphatic carbocycles. The molecule has 1 saturated carbocycles. The summed E-state index contributed by atoms with van der Waals surface area (Å²) < 4.78 is 0. The number of urea groups is 1. The highest BCUT2D eigenvalue weighted by Gasteiger charge is 2.29. The van der Waals surface area contributed by atoms with Crippen LogP contribution in [0.3, 0.4) is 0 Å². The van der Waals surface area contributed by atoms with Gasteiger partial charge in [-0.15, -0.1) is 0 Å². The minimum atomic E-state index is -0.725. The molecule has 0 aliphatic heterocycles. The Bertz CT molecular complexity index is 498. The summed E-state index contributed by atoms with van der Waals surface area (Å²) in [7, 11) is 0. The van der Waals surface area contributed by atoms with Crippen LogP contribution in [0.25, 0.3) is 0 Å². The topological polar surface area (TPSA) is 74.2 Å². The summed E-state index contributed by atoms with van der Waals surface area (Å²) in [6.45, 7) is 4.24. The molecule has 1 aromatic heterocycles. The van der Waals surface area contributed by atoms with Gasteiger partial charge in [-0.2, -0.15) is 0 Å². The first-order valence-electron chi connectivity index (χ1n) is 8.16.